The number of rotatable bonds is 4. The largest absolute Gasteiger partial charge is 0.393 e. The van der Waals surface area contributed by atoms with Crippen molar-refractivity contribution in [2.45, 2.75) is 32.8 Å². The molecule has 0 spiro atoms. The summed E-state index contributed by atoms with van der Waals surface area (Å²) < 4.78 is 26.2. The van der Waals surface area contributed by atoms with Crippen molar-refractivity contribution in [2.24, 2.45) is 5.92 Å². The van der Waals surface area contributed by atoms with E-state index in [1.165, 1.54) is 6.07 Å². The highest BCUT2D eigenvalue weighted by Crippen LogP contribution is 2.19. The summed E-state index contributed by atoms with van der Waals surface area (Å²) in [4.78, 5) is 0. The first-order chi connectivity index (χ1) is 7.06. The van der Waals surface area contributed by atoms with E-state index in [4.69, 9.17) is 0 Å². The molecule has 2 atom stereocenters. The highest BCUT2D eigenvalue weighted by atomic mass is 19.2. The van der Waals surface area contributed by atoms with E-state index in [0.717, 1.165) is 12.5 Å². The van der Waals surface area contributed by atoms with E-state index in [-0.39, 0.29) is 5.92 Å². The van der Waals surface area contributed by atoms with Crippen LogP contribution in [0.25, 0.3) is 0 Å². The summed E-state index contributed by atoms with van der Waals surface area (Å²) in [6.07, 6.45) is 0.614. The third-order valence-electron chi connectivity index (χ3n) is 2.72. The molecule has 0 aromatic heterocycles. The van der Waals surface area contributed by atoms with Crippen molar-refractivity contribution in [3.63, 3.8) is 0 Å². The standard InChI is InChI=1S/C12H16F2O/c1-3-9(8(2)15)7-10-5-4-6-11(13)12(10)14/h4-6,8-9,15H,3,7H2,1-2H3. The van der Waals surface area contributed by atoms with E-state index in [1.807, 2.05) is 6.92 Å². The molecule has 84 valence electrons. The zero-order chi connectivity index (χ0) is 11.4. The Morgan fingerprint density at radius 2 is 2.00 bits per heavy atom. The van der Waals surface area contributed by atoms with E-state index in [1.54, 1.807) is 13.0 Å². The molecule has 0 saturated carbocycles. The van der Waals surface area contributed by atoms with E-state index in [9.17, 15) is 13.9 Å². The molecule has 1 rings (SSSR count). The molecule has 15 heavy (non-hydrogen) atoms. The maximum absolute atomic E-state index is 13.3. The molecule has 0 heterocycles. The number of aliphatic hydroxyl groups excluding tert-OH is 1. The fourth-order valence-electron chi connectivity index (χ4n) is 1.64. The lowest BCUT2D eigenvalue weighted by molar-refractivity contribution is 0.122. The predicted octanol–water partition coefficient (Wildman–Crippen LogP) is 2.91. The van der Waals surface area contributed by atoms with Crippen molar-refractivity contribution in [2.75, 3.05) is 0 Å². The summed E-state index contributed by atoms with van der Waals surface area (Å²) in [7, 11) is 0. The van der Waals surface area contributed by atoms with Crippen molar-refractivity contribution < 1.29 is 13.9 Å². The number of aliphatic hydroxyl groups is 1. The molecule has 1 N–H and O–H groups in total. The zero-order valence-electron chi connectivity index (χ0n) is 9.00. The smallest absolute Gasteiger partial charge is 0.162 e. The molecule has 1 aromatic rings. The number of benzene rings is 1. The molecule has 0 aliphatic rings. The number of hydrogen-bond acceptors (Lipinski definition) is 1. The second kappa shape index (κ2) is 5.21. The van der Waals surface area contributed by atoms with Crippen LogP contribution in [0.5, 0.6) is 0 Å². The second-order valence-corrected chi connectivity index (χ2v) is 3.83. The average Bonchev–Trinajstić information content (AvgIpc) is 2.19. The van der Waals surface area contributed by atoms with Crippen LogP contribution in [-0.2, 0) is 6.42 Å². The van der Waals surface area contributed by atoms with Crippen LogP contribution in [0.4, 0.5) is 8.78 Å². The topological polar surface area (TPSA) is 20.2 Å². The van der Waals surface area contributed by atoms with Crippen molar-refractivity contribution >= 4 is 0 Å². The molecule has 0 radical (unpaired) electrons. The first-order valence-electron chi connectivity index (χ1n) is 5.17. The maximum atomic E-state index is 13.3. The molecule has 3 heteroatoms. The van der Waals surface area contributed by atoms with Crippen LogP contribution in [-0.4, -0.2) is 11.2 Å². The molecule has 0 aliphatic carbocycles. The monoisotopic (exact) mass is 214 g/mol. The first-order valence-corrected chi connectivity index (χ1v) is 5.17. The van der Waals surface area contributed by atoms with Gasteiger partial charge in [-0.05, 0) is 30.9 Å². The van der Waals surface area contributed by atoms with Gasteiger partial charge >= 0.3 is 0 Å². The molecule has 0 aliphatic heterocycles. The summed E-state index contributed by atoms with van der Waals surface area (Å²) in [5, 5.41) is 9.42. The van der Waals surface area contributed by atoms with Crippen LogP contribution in [0.1, 0.15) is 25.8 Å². The van der Waals surface area contributed by atoms with Crippen LogP contribution >= 0.6 is 0 Å². The Kier molecular flexibility index (Phi) is 4.21. The SMILES string of the molecule is CCC(Cc1cccc(F)c1F)C(C)O. The van der Waals surface area contributed by atoms with Gasteiger partial charge in [-0.2, -0.15) is 0 Å². The maximum Gasteiger partial charge on any atom is 0.162 e. The van der Waals surface area contributed by atoms with Crippen molar-refractivity contribution in [3.8, 4) is 0 Å². The van der Waals surface area contributed by atoms with Gasteiger partial charge in [0.2, 0.25) is 0 Å². The molecule has 0 fully saturated rings. The molecule has 0 bridgehead atoms. The van der Waals surface area contributed by atoms with Crippen LogP contribution in [0, 0.1) is 17.6 Å². The predicted molar refractivity (Wildman–Crippen MR) is 55.5 cm³/mol. The Bertz CT molecular complexity index is 323. The molecule has 2 unspecified atom stereocenters. The normalized spacial score (nSPS) is 15.0. The summed E-state index contributed by atoms with van der Waals surface area (Å²) in [5.74, 6) is -1.65. The van der Waals surface area contributed by atoms with Crippen molar-refractivity contribution in [3.05, 3.63) is 35.4 Å². The van der Waals surface area contributed by atoms with E-state index in [2.05, 4.69) is 0 Å². The van der Waals surface area contributed by atoms with Crippen molar-refractivity contribution in [1.82, 2.24) is 0 Å². The minimum absolute atomic E-state index is 0.0266. The Morgan fingerprint density at radius 1 is 1.33 bits per heavy atom. The van der Waals surface area contributed by atoms with Gasteiger partial charge < -0.3 is 5.11 Å². The highest BCUT2D eigenvalue weighted by Gasteiger charge is 2.16. The molecule has 1 nitrogen and oxygen atoms in total. The molecule has 0 amide bonds. The number of halogens is 2. The quantitative estimate of drug-likeness (QED) is 0.817. The fourth-order valence-corrected chi connectivity index (χ4v) is 1.64. The Hall–Kier alpha value is -0.960. The lowest BCUT2D eigenvalue weighted by Gasteiger charge is -2.18. The Labute approximate surface area is 88.7 Å². The van der Waals surface area contributed by atoms with E-state index in [0.29, 0.717) is 12.0 Å². The summed E-state index contributed by atoms with van der Waals surface area (Å²) >= 11 is 0. The molecule has 1 aromatic carbocycles. The van der Waals surface area contributed by atoms with Gasteiger partial charge in [0.25, 0.3) is 0 Å². The minimum Gasteiger partial charge on any atom is -0.393 e. The third kappa shape index (κ3) is 2.99. The summed E-state index contributed by atoms with van der Waals surface area (Å²) in [5.41, 5.74) is 0.336. The van der Waals surface area contributed by atoms with Gasteiger partial charge in [-0.25, -0.2) is 8.78 Å². The van der Waals surface area contributed by atoms with Gasteiger partial charge in [0.05, 0.1) is 6.10 Å². The van der Waals surface area contributed by atoms with Crippen LogP contribution in [0.2, 0.25) is 0 Å². The lowest BCUT2D eigenvalue weighted by Crippen LogP contribution is -2.19. The van der Waals surface area contributed by atoms with Gasteiger partial charge in [-0.1, -0.05) is 25.5 Å². The molecule has 0 saturated heterocycles. The average molecular weight is 214 g/mol. The highest BCUT2D eigenvalue weighted by molar-refractivity contribution is 5.19. The lowest BCUT2D eigenvalue weighted by atomic mass is 9.92. The van der Waals surface area contributed by atoms with Crippen LogP contribution in [0.15, 0.2) is 18.2 Å². The van der Waals surface area contributed by atoms with Gasteiger partial charge in [-0.15, -0.1) is 0 Å². The van der Waals surface area contributed by atoms with Crippen molar-refractivity contribution in [1.29, 1.82) is 0 Å². The number of hydrogen-bond donors (Lipinski definition) is 1. The first kappa shape index (κ1) is 12.1. The molecular formula is C12H16F2O. The summed E-state index contributed by atoms with van der Waals surface area (Å²) in [6.45, 7) is 3.60. The second-order valence-electron chi connectivity index (χ2n) is 3.83. The van der Waals surface area contributed by atoms with Gasteiger partial charge in [-0.3, -0.25) is 0 Å². The van der Waals surface area contributed by atoms with Gasteiger partial charge in [0, 0.05) is 0 Å². The zero-order valence-corrected chi connectivity index (χ0v) is 9.00. The van der Waals surface area contributed by atoms with Crippen LogP contribution < -0.4 is 0 Å². The van der Waals surface area contributed by atoms with E-state index >= 15 is 0 Å². The summed E-state index contributed by atoms with van der Waals surface area (Å²) in [6, 6.07) is 4.15. The Balaban J connectivity index is 2.84. The van der Waals surface area contributed by atoms with Gasteiger partial charge in [0.15, 0.2) is 11.6 Å². The Morgan fingerprint density at radius 3 is 2.53 bits per heavy atom. The third-order valence-corrected chi connectivity index (χ3v) is 2.72. The molecular weight excluding hydrogens is 198 g/mol. The van der Waals surface area contributed by atoms with E-state index < -0.39 is 17.7 Å². The van der Waals surface area contributed by atoms with Crippen LogP contribution in [0.3, 0.4) is 0 Å². The van der Waals surface area contributed by atoms with Gasteiger partial charge in [0.1, 0.15) is 0 Å². The fraction of sp³-hybridized carbons (Fsp3) is 0.500. The minimum atomic E-state index is -0.826.